The first kappa shape index (κ1) is 13.8. The third kappa shape index (κ3) is 3.23. The predicted octanol–water partition coefficient (Wildman–Crippen LogP) is 2.89. The molecular weight excluding hydrogens is 242 g/mol. The summed E-state index contributed by atoms with van der Waals surface area (Å²) < 4.78 is 0. The second-order valence-electron chi connectivity index (χ2n) is 5.48. The maximum atomic E-state index is 10.9. The largest absolute Gasteiger partial charge is 0.382 e. The highest BCUT2D eigenvalue weighted by molar-refractivity contribution is 5.59. The van der Waals surface area contributed by atoms with Gasteiger partial charge in [-0.3, -0.25) is 10.1 Å². The summed E-state index contributed by atoms with van der Waals surface area (Å²) >= 11 is 0. The lowest BCUT2D eigenvalue weighted by Crippen LogP contribution is -2.35. The van der Waals surface area contributed by atoms with Gasteiger partial charge in [0.25, 0.3) is 5.69 Å². The van der Waals surface area contributed by atoms with Crippen molar-refractivity contribution in [1.82, 2.24) is 0 Å². The first-order valence-electron chi connectivity index (χ1n) is 6.75. The first-order chi connectivity index (χ1) is 8.97. The molecule has 1 fully saturated rings. The zero-order valence-electron chi connectivity index (χ0n) is 11.5. The summed E-state index contributed by atoms with van der Waals surface area (Å²) in [6.45, 7) is 3.67. The summed E-state index contributed by atoms with van der Waals surface area (Å²) in [6.07, 6.45) is 4.32. The molecule has 0 bridgehead atoms. The van der Waals surface area contributed by atoms with Gasteiger partial charge in [-0.1, -0.05) is 0 Å². The van der Waals surface area contributed by atoms with E-state index in [2.05, 4.69) is 5.32 Å². The van der Waals surface area contributed by atoms with Crippen LogP contribution in [0.3, 0.4) is 0 Å². The van der Waals surface area contributed by atoms with E-state index in [0.717, 1.165) is 36.9 Å². The van der Waals surface area contributed by atoms with Crippen LogP contribution in [-0.4, -0.2) is 17.0 Å². The third-order valence-corrected chi connectivity index (χ3v) is 3.81. The number of nitrogens with zero attached hydrogens (tertiary/aromatic N) is 1. The van der Waals surface area contributed by atoms with Gasteiger partial charge in [0, 0.05) is 29.4 Å². The van der Waals surface area contributed by atoms with Crippen molar-refractivity contribution in [3.8, 4) is 0 Å². The number of benzene rings is 1. The van der Waals surface area contributed by atoms with Crippen LogP contribution in [0.4, 0.5) is 11.4 Å². The highest BCUT2D eigenvalue weighted by Gasteiger charge is 2.20. The Morgan fingerprint density at radius 1 is 1.32 bits per heavy atom. The molecule has 0 heterocycles. The molecule has 1 aliphatic rings. The molecule has 19 heavy (non-hydrogen) atoms. The quantitative estimate of drug-likeness (QED) is 0.649. The highest BCUT2D eigenvalue weighted by atomic mass is 16.6. The Hall–Kier alpha value is -1.62. The van der Waals surface area contributed by atoms with Crippen molar-refractivity contribution in [3.63, 3.8) is 0 Å². The smallest absolute Gasteiger partial charge is 0.272 e. The van der Waals surface area contributed by atoms with E-state index in [1.807, 2.05) is 13.0 Å². The number of nitrogens with one attached hydrogen (secondary N) is 1. The Balaban J connectivity index is 2.16. The standard InChI is InChI=1S/C14H21N3O2/c1-9-7-14(17(18)19)10(2)6-13(9)16-12-5-3-4-11(15)8-12/h6-7,11-12,16H,3-5,8,15H2,1-2H3. The van der Waals surface area contributed by atoms with E-state index in [0.29, 0.717) is 11.6 Å². The van der Waals surface area contributed by atoms with Crippen molar-refractivity contribution >= 4 is 11.4 Å². The van der Waals surface area contributed by atoms with Gasteiger partial charge in [-0.2, -0.15) is 0 Å². The number of nitro groups is 1. The predicted molar refractivity (Wildman–Crippen MR) is 76.4 cm³/mol. The maximum Gasteiger partial charge on any atom is 0.272 e. The molecule has 1 aromatic rings. The molecule has 2 rings (SSSR count). The van der Waals surface area contributed by atoms with Gasteiger partial charge in [-0.15, -0.1) is 0 Å². The van der Waals surface area contributed by atoms with Crippen LogP contribution < -0.4 is 11.1 Å². The summed E-state index contributed by atoms with van der Waals surface area (Å²) in [5.41, 5.74) is 8.76. The van der Waals surface area contributed by atoms with Crippen molar-refractivity contribution in [2.24, 2.45) is 5.73 Å². The van der Waals surface area contributed by atoms with E-state index in [9.17, 15) is 10.1 Å². The van der Waals surface area contributed by atoms with Gasteiger partial charge in [0.1, 0.15) is 0 Å². The average Bonchev–Trinajstić information content (AvgIpc) is 2.33. The molecule has 1 aromatic carbocycles. The fourth-order valence-corrected chi connectivity index (χ4v) is 2.73. The van der Waals surface area contributed by atoms with Crippen LogP contribution >= 0.6 is 0 Å². The Bertz CT molecular complexity index is 488. The lowest BCUT2D eigenvalue weighted by molar-refractivity contribution is -0.385. The number of anilines is 1. The second kappa shape index (κ2) is 5.57. The van der Waals surface area contributed by atoms with Crippen LogP contribution in [0.25, 0.3) is 0 Å². The van der Waals surface area contributed by atoms with Gasteiger partial charge in [0.05, 0.1) is 4.92 Å². The third-order valence-electron chi connectivity index (χ3n) is 3.81. The lowest BCUT2D eigenvalue weighted by atomic mass is 9.91. The molecule has 0 saturated heterocycles. The highest BCUT2D eigenvalue weighted by Crippen LogP contribution is 2.28. The first-order valence-corrected chi connectivity index (χ1v) is 6.75. The molecule has 3 N–H and O–H groups in total. The van der Waals surface area contributed by atoms with Crippen molar-refractivity contribution < 1.29 is 4.92 Å². The van der Waals surface area contributed by atoms with Crippen LogP contribution in [0.5, 0.6) is 0 Å². The average molecular weight is 263 g/mol. The number of hydrogen-bond donors (Lipinski definition) is 2. The summed E-state index contributed by atoms with van der Waals surface area (Å²) in [6, 6.07) is 4.16. The maximum absolute atomic E-state index is 10.9. The lowest BCUT2D eigenvalue weighted by Gasteiger charge is -2.28. The van der Waals surface area contributed by atoms with Crippen molar-refractivity contribution in [1.29, 1.82) is 0 Å². The van der Waals surface area contributed by atoms with E-state index in [-0.39, 0.29) is 16.7 Å². The van der Waals surface area contributed by atoms with Gasteiger partial charge in [0.15, 0.2) is 0 Å². The molecular formula is C14H21N3O2. The van der Waals surface area contributed by atoms with Gasteiger partial charge in [0.2, 0.25) is 0 Å². The second-order valence-corrected chi connectivity index (χ2v) is 5.48. The van der Waals surface area contributed by atoms with Gasteiger partial charge >= 0.3 is 0 Å². The Labute approximate surface area is 113 Å². The molecule has 0 aliphatic heterocycles. The minimum Gasteiger partial charge on any atom is -0.382 e. The molecule has 0 aromatic heterocycles. The van der Waals surface area contributed by atoms with Crippen molar-refractivity contribution in [2.45, 2.75) is 51.6 Å². The molecule has 0 amide bonds. The van der Waals surface area contributed by atoms with Crippen LogP contribution in [0.1, 0.15) is 36.8 Å². The Morgan fingerprint density at radius 3 is 2.68 bits per heavy atom. The van der Waals surface area contributed by atoms with Gasteiger partial charge < -0.3 is 11.1 Å². The SMILES string of the molecule is Cc1cc([N+](=O)[O-])c(C)cc1NC1CCCC(N)C1. The van der Waals surface area contributed by atoms with Crippen molar-refractivity contribution in [3.05, 3.63) is 33.4 Å². The molecule has 0 spiro atoms. The van der Waals surface area contributed by atoms with Crippen LogP contribution in [0.2, 0.25) is 0 Å². The van der Waals surface area contributed by atoms with Gasteiger partial charge in [-0.25, -0.2) is 0 Å². The minimum absolute atomic E-state index is 0.184. The number of rotatable bonds is 3. The molecule has 104 valence electrons. The molecule has 5 nitrogen and oxygen atoms in total. The summed E-state index contributed by atoms with van der Waals surface area (Å²) in [4.78, 5) is 10.6. The molecule has 2 unspecified atom stereocenters. The fourth-order valence-electron chi connectivity index (χ4n) is 2.73. The number of hydrogen-bond acceptors (Lipinski definition) is 4. The summed E-state index contributed by atoms with van der Waals surface area (Å²) in [5, 5.41) is 14.4. The molecule has 5 heteroatoms. The van der Waals surface area contributed by atoms with Crippen LogP contribution in [0.15, 0.2) is 12.1 Å². The van der Waals surface area contributed by atoms with Crippen LogP contribution in [0, 0.1) is 24.0 Å². The minimum atomic E-state index is -0.331. The van der Waals surface area contributed by atoms with Crippen LogP contribution in [-0.2, 0) is 0 Å². The zero-order chi connectivity index (χ0) is 14.0. The van der Waals surface area contributed by atoms with E-state index in [1.165, 1.54) is 0 Å². The topological polar surface area (TPSA) is 81.2 Å². The fraction of sp³-hybridized carbons (Fsp3) is 0.571. The summed E-state index contributed by atoms with van der Waals surface area (Å²) in [7, 11) is 0. The Kier molecular flexibility index (Phi) is 4.04. The summed E-state index contributed by atoms with van der Waals surface area (Å²) in [5.74, 6) is 0. The van der Waals surface area contributed by atoms with Gasteiger partial charge in [-0.05, 0) is 51.2 Å². The van der Waals surface area contributed by atoms with E-state index < -0.39 is 0 Å². The Morgan fingerprint density at radius 2 is 2.05 bits per heavy atom. The monoisotopic (exact) mass is 263 g/mol. The van der Waals surface area contributed by atoms with E-state index in [4.69, 9.17) is 5.73 Å². The number of nitrogens with two attached hydrogens (primary N) is 1. The molecule has 2 atom stereocenters. The number of aryl methyl sites for hydroxylation is 2. The molecule has 0 radical (unpaired) electrons. The zero-order valence-corrected chi connectivity index (χ0v) is 11.5. The van der Waals surface area contributed by atoms with Crippen molar-refractivity contribution in [2.75, 3.05) is 5.32 Å². The normalized spacial score (nSPS) is 23.1. The number of nitro benzene ring substituents is 1. The molecule has 1 aliphatic carbocycles. The molecule has 1 saturated carbocycles. The van der Waals surface area contributed by atoms with E-state index in [1.54, 1.807) is 13.0 Å². The van der Waals surface area contributed by atoms with E-state index >= 15 is 0 Å².